The number of rotatable bonds is 8. The van der Waals surface area contributed by atoms with Crippen LogP contribution in [0.5, 0.6) is 0 Å². The number of non-ortho nitro benzene ring substituents is 1. The summed E-state index contributed by atoms with van der Waals surface area (Å²) in [7, 11) is 0. The molecule has 0 radical (unpaired) electrons. The number of carbonyl (C=O) groups excluding carboxylic acids is 1. The van der Waals surface area contributed by atoms with Gasteiger partial charge in [0.05, 0.1) is 23.7 Å². The Morgan fingerprint density at radius 1 is 1.23 bits per heavy atom. The normalized spacial score (nSPS) is 15.6. The van der Waals surface area contributed by atoms with Crippen LogP contribution in [0.3, 0.4) is 0 Å². The third-order valence-electron chi connectivity index (χ3n) is 5.23. The quantitative estimate of drug-likeness (QED) is 0.487. The van der Waals surface area contributed by atoms with Gasteiger partial charge in [-0.2, -0.15) is 0 Å². The highest BCUT2D eigenvalue weighted by Gasteiger charge is 2.25. The van der Waals surface area contributed by atoms with Crippen molar-refractivity contribution in [3.63, 3.8) is 0 Å². The first kappa shape index (κ1) is 23.2. The summed E-state index contributed by atoms with van der Waals surface area (Å²) < 4.78 is 19.5. The minimum absolute atomic E-state index is 0.120. The molecule has 0 bridgehead atoms. The molecule has 0 aliphatic carbocycles. The summed E-state index contributed by atoms with van der Waals surface area (Å²) in [6.07, 6.45) is 0. The molecule has 166 valence electrons. The summed E-state index contributed by atoms with van der Waals surface area (Å²) in [6.45, 7) is 7.51. The van der Waals surface area contributed by atoms with Crippen LogP contribution in [0, 0.1) is 21.8 Å². The Kier molecular flexibility index (Phi) is 8.00. The van der Waals surface area contributed by atoms with Crippen LogP contribution in [0.4, 0.5) is 10.1 Å². The van der Waals surface area contributed by atoms with Gasteiger partial charge in [-0.25, -0.2) is 4.39 Å². The number of hydrogen-bond acceptors (Lipinski definition) is 6. The second kappa shape index (κ2) is 10.7. The van der Waals surface area contributed by atoms with E-state index in [-0.39, 0.29) is 17.3 Å². The highest BCUT2D eigenvalue weighted by molar-refractivity contribution is 7.99. The summed E-state index contributed by atoms with van der Waals surface area (Å²) in [5.74, 6) is -0.526. The predicted molar refractivity (Wildman–Crippen MR) is 117 cm³/mol. The summed E-state index contributed by atoms with van der Waals surface area (Å²) in [5.41, 5.74) is -0.0245. The van der Waals surface area contributed by atoms with Crippen LogP contribution >= 0.6 is 11.8 Å². The maximum Gasteiger partial charge on any atom is 0.270 e. The van der Waals surface area contributed by atoms with Gasteiger partial charge >= 0.3 is 0 Å². The molecule has 1 aliphatic heterocycles. The molecular formula is C22H26FN3O4S. The molecule has 2 aromatic rings. The maximum absolute atomic E-state index is 14.1. The van der Waals surface area contributed by atoms with Crippen LogP contribution in [0.15, 0.2) is 52.3 Å². The Labute approximate surface area is 185 Å². The number of carbonyl (C=O) groups is 1. The van der Waals surface area contributed by atoms with E-state index in [9.17, 15) is 19.3 Å². The number of nitrogens with zero attached hydrogens (tertiary/aromatic N) is 2. The highest BCUT2D eigenvalue weighted by atomic mass is 32.2. The molecule has 1 unspecified atom stereocenters. The van der Waals surface area contributed by atoms with E-state index >= 15 is 0 Å². The molecule has 3 rings (SSSR count). The number of halogens is 1. The lowest BCUT2D eigenvalue weighted by atomic mass is 10.0. The van der Waals surface area contributed by atoms with Gasteiger partial charge < -0.3 is 10.1 Å². The van der Waals surface area contributed by atoms with Gasteiger partial charge in [0.1, 0.15) is 5.82 Å². The number of benzene rings is 2. The molecule has 0 saturated carbocycles. The van der Waals surface area contributed by atoms with Crippen molar-refractivity contribution in [3.05, 3.63) is 64.0 Å². The fourth-order valence-electron chi connectivity index (χ4n) is 3.53. The zero-order valence-electron chi connectivity index (χ0n) is 17.5. The average molecular weight is 448 g/mol. The molecule has 1 fully saturated rings. The van der Waals surface area contributed by atoms with E-state index in [0.717, 1.165) is 24.9 Å². The van der Waals surface area contributed by atoms with Crippen LogP contribution in [-0.4, -0.2) is 54.6 Å². The van der Waals surface area contributed by atoms with Crippen molar-refractivity contribution in [2.24, 2.45) is 5.92 Å². The first-order valence-corrected chi connectivity index (χ1v) is 11.0. The van der Waals surface area contributed by atoms with E-state index in [1.807, 2.05) is 0 Å². The number of hydrogen-bond donors (Lipinski definition) is 1. The molecule has 31 heavy (non-hydrogen) atoms. The second-order valence-corrected chi connectivity index (χ2v) is 8.72. The van der Waals surface area contributed by atoms with Crippen LogP contribution in [-0.2, 0) is 4.74 Å². The minimum Gasteiger partial charge on any atom is -0.379 e. The van der Waals surface area contributed by atoms with Crippen molar-refractivity contribution in [3.8, 4) is 0 Å². The van der Waals surface area contributed by atoms with Gasteiger partial charge in [0.15, 0.2) is 0 Å². The van der Waals surface area contributed by atoms with Gasteiger partial charge in [0.2, 0.25) is 0 Å². The Hall–Kier alpha value is -2.49. The standard InChI is InChI=1S/C22H26FN3O4S/c1-15(2)19(25-9-11-30-12-10-25)14-24-22(27)17-13-16(26(28)29)7-8-20(17)31-21-6-4-3-5-18(21)23/h3-8,13,15,19H,9-12,14H2,1-2H3,(H,24,27). The highest BCUT2D eigenvalue weighted by Crippen LogP contribution is 2.34. The summed E-state index contributed by atoms with van der Waals surface area (Å²) in [4.78, 5) is 26.8. The maximum atomic E-state index is 14.1. The third kappa shape index (κ3) is 6.03. The number of nitrogens with one attached hydrogen (secondary N) is 1. The predicted octanol–water partition coefficient (Wildman–Crippen LogP) is 3.97. The molecule has 2 aromatic carbocycles. The fraction of sp³-hybridized carbons (Fsp3) is 0.409. The van der Waals surface area contributed by atoms with Crippen molar-refractivity contribution >= 4 is 23.4 Å². The zero-order valence-corrected chi connectivity index (χ0v) is 18.4. The van der Waals surface area contributed by atoms with Crippen LogP contribution in [0.2, 0.25) is 0 Å². The topological polar surface area (TPSA) is 84.7 Å². The van der Waals surface area contributed by atoms with E-state index in [0.29, 0.717) is 35.5 Å². The molecule has 0 spiro atoms. The first-order valence-electron chi connectivity index (χ1n) is 10.2. The van der Waals surface area contributed by atoms with E-state index < -0.39 is 16.6 Å². The monoisotopic (exact) mass is 447 g/mol. The number of ether oxygens (including phenoxy) is 1. The average Bonchev–Trinajstić information content (AvgIpc) is 2.76. The number of morpholine rings is 1. The smallest absolute Gasteiger partial charge is 0.270 e. The Morgan fingerprint density at radius 3 is 2.58 bits per heavy atom. The molecule has 1 heterocycles. The van der Waals surface area contributed by atoms with Crippen molar-refractivity contribution in [1.29, 1.82) is 0 Å². The van der Waals surface area contributed by atoms with Crippen molar-refractivity contribution in [2.45, 2.75) is 29.7 Å². The van der Waals surface area contributed by atoms with Gasteiger partial charge in [-0.1, -0.05) is 37.7 Å². The van der Waals surface area contributed by atoms with E-state index in [4.69, 9.17) is 4.74 Å². The largest absolute Gasteiger partial charge is 0.379 e. The van der Waals surface area contributed by atoms with Gasteiger partial charge in [-0.05, 0) is 24.1 Å². The summed E-state index contributed by atoms with van der Waals surface area (Å²) in [6, 6.07) is 10.4. The third-order valence-corrected chi connectivity index (χ3v) is 6.36. The van der Waals surface area contributed by atoms with E-state index in [2.05, 4.69) is 24.1 Å². The number of nitro groups is 1. The van der Waals surface area contributed by atoms with Gasteiger partial charge in [-0.15, -0.1) is 0 Å². The van der Waals surface area contributed by atoms with Crippen molar-refractivity contribution < 1.29 is 18.8 Å². The fourth-order valence-corrected chi connectivity index (χ4v) is 4.48. The SMILES string of the molecule is CC(C)C(CNC(=O)c1cc([N+](=O)[O-])ccc1Sc1ccccc1F)N1CCOCC1. The second-order valence-electron chi connectivity index (χ2n) is 7.64. The van der Waals surface area contributed by atoms with Crippen LogP contribution in [0.25, 0.3) is 0 Å². The molecule has 9 heteroatoms. The first-order chi connectivity index (χ1) is 14.9. The molecule has 7 nitrogen and oxygen atoms in total. The summed E-state index contributed by atoms with van der Waals surface area (Å²) in [5, 5.41) is 14.2. The lowest BCUT2D eigenvalue weighted by molar-refractivity contribution is -0.384. The van der Waals surface area contributed by atoms with Crippen LogP contribution in [0.1, 0.15) is 24.2 Å². The van der Waals surface area contributed by atoms with Gasteiger partial charge in [0.25, 0.3) is 11.6 Å². The van der Waals surface area contributed by atoms with E-state index in [1.54, 1.807) is 18.2 Å². The van der Waals surface area contributed by atoms with Gasteiger partial charge in [-0.3, -0.25) is 19.8 Å². The zero-order chi connectivity index (χ0) is 22.4. The molecule has 1 atom stereocenters. The lowest BCUT2D eigenvalue weighted by Gasteiger charge is -2.37. The lowest BCUT2D eigenvalue weighted by Crippen LogP contribution is -2.51. The molecular weight excluding hydrogens is 421 g/mol. The molecule has 1 saturated heterocycles. The Bertz CT molecular complexity index is 935. The van der Waals surface area contributed by atoms with Gasteiger partial charge in [0, 0.05) is 47.6 Å². The van der Waals surface area contributed by atoms with Crippen molar-refractivity contribution in [2.75, 3.05) is 32.8 Å². The molecule has 1 aliphatic rings. The molecule has 1 N–H and O–H groups in total. The Morgan fingerprint density at radius 2 is 1.94 bits per heavy atom. The molecule has 0 aromatic heterocycles. The minimum atomic E-state index is -0.543. The van der Waals surface area contributed by atoms with Crippen LogP contribution < -0.4 is 5.32 Å². The van der Waals surface area contributed by atoms with E-state index in [1.165, 1.54) is 24.3 Å². The molecule has 1 amide bonds. The number of amides is 1. The van der Waals surface area contributed by atoms with Crippen molar-refractivity contribution in [1.82, 2.24) is 10.2 Å². The summed E-state index contributed by atoms with van der Waals surface area (Å²) >= 11 is 1.07. The Balaban J connectivity index is 1.81. The number of nitro benzene ring substituents is 1.